The molecule has 104 valence electrons. The van der Waals surface area contributed by atoms with Crippen LogP contribution in [0.25, 0.3) is 0 Å². The van der Waals surface area contributed by atoms with Gasteiger partial charge in [0.25, 0.3) is 0 Å². The maximum absolute atomic E-state index is 12.6. The van der Waals surface area contributed by atoms with E-state index in [0.29, 0.717) is 0 Å². The Hall–Kier alpha value is 1.41. The van der Waals surface area contributed by atoms with Crippen LogP contribution in [-0.4, -0.2) is 30.1 Å². The fraction of sp³-hybridized carbons (Fsp3) is 0.917. The van der Waals surface area contributed by atoms with Gasteiger partial charge in [-0.15, -0.1) is 46.4 Å². The lowest BCUT2D eigenvalue weighted by Gasteiger charge is -2.41. The fourth-order valence-corrected chi connectivity index (χ4v) is 10.2. The Morgan fingerprint density at radius 2 is 1.63 bits per heavy atom. The summed E-state index contributed by atoms with van der Waals surface area (Å²) in [5.41, 5.74) is 0. The lowest BCUT2D eigenvalue weighted by molar-refractivity contribution is -0.126. The number of fused-ring (bicyclic) bond motifs is 5. The summed E-state index contributed by atoms with van der Waals surface area (Å²) in [5, 5.41) is -0.693. The molecular weight excluding hydrogens is 373 g/mol. The molecule has 4 unspecified atom stereocenters. The summed E-state index contributed by atoms with van der Waals surface area (Å²) < 4.78 is -1.40. The molecular formula is C12H8Cl6O. The average Bonchev–Trinajstić information content (AvgIpc) is 2.95. The third kappa shape index (κ3) is 0.788. The molecule has 0 aromatic heterocycles. The minimum Gasteiger partial charge on any atom is -0.299 e. The first-order valence-corrected chi connectivity index (χ1v) is 8.61. The number of rotatable bonds is 0. The zero-order chi connectivity index (χ0) is 13.7. The molecule has 5 saturated carbocycles. The fourth-order valence-electron chi connectivity index (χ4n) is 6.19. The van der Waals surface area contributed by atoms with E-state index in [1.807, 2.05) is 0 Å². The summed E-state index contributed by atoms with van der Waals surface area (Å²) in [7, 11) is 0. The minimum atomic E-state index is -1.40. The van der Waals surface area contributed by atoms with Crippen molar-refractivity contribution in [2.45, 2.75) is 30.8 Å². The van der Waals surface area contributed by atoms with Gasteiger partial charge in [0, 0.05) is 11.8 Å². The van der Waals surface area contributed by atoms with Crippen LogP contribution in [0, 0.1) is 29.6 Å². The molecule has 5 aliphatic rings. The summed E-state index contributed by atoms with van der Waals surface area (Å²) in [5.74, 6) is -0.312. The van der Waals surface area contributed by atoms with Crippen LogP contribution in [0.4, 0.5) is 0 Å². The van der Waals surface area contributed by atoms with E-state index < -0.39 is 24.3 Å². The van der Waals surface area contributed by atoms with E-state index in [2.05, 4.69) is 0 Å². The van der Waals surface area contributed by atoms with Gasteiger partial charge in [-0.1, -0.05) is 23.2 Å². The molecule has 0 aromatic rings. The number of Topliss-reactive ketones (excluding diaryl/α,β-unsaturated/α-hetero) is 1. The van der Waals surface area contributed by atoms with Crippen molar-refractivity contribution >= 4 is 75.4 Å². The van der Waals surface area contributed by atoms with Crippen LogP contribution in [0.2, 0.25) is 0 Å². The number of hydrogen-bond donors (Lipinski definition) is 0. The van der Waals surface area contributed by atoms with Crippen LogP contribution in [0.15, 0.2) is 0 Å². The summed E-state index contributed by atoms with van der Waals surface area (Å²) in [6.07, 6.45) is 0.809. The van der Waals surface area contributed by atoms with Gasteiger partial charge >= 0.3 is 0 Å². The van der Waals surface area contributed by atoms with E-state index in [-0.39, 0.29) is 35.4 Å². The lowest BCUT2D eigenvalue weighted by Crippen LogP contribution is -2.54. The highest BCUT2D eigenvalue weighted by atomic mass is 35.5. The van der Waals surface area contributed by atoms with Crippen LogP contribution < -0.4 is 0 Å². The van der Waals surface area contributed by atoms with Gasteiger partial charge in [-0.3, -0.25) is 4.79 Å². The third-order valence-corrected chi connectivity index (χ3v) is 11.5. The first kappa shape index (κ1) is 12.9. The van der Waals surface area contributed by atoms with Gasteiger partial charge in [-0.25, -0.2) is 0 Å². The van der Waals surface area contributed by atoms with E-state index in [1.165, 1.54) is 0 Å². The Kier molecular flexibility index (Phi) is 1.99. The lowest BCUT2D eigenvalue weighted by atomic mass is 9.76. The summed E-state index contributed by atoms with van der Waals surface area (Å²) in [6, 6.07) is 0. The molecule has 0 heterocycles. The van der Waals surface area contributed by atoms with E-state index in [9.17, 15) is 4.79 Å². The van der Waals surface area contributed by atoms with Crippen molar-refractivity contribution < 1.29 is 4.79 Å². The molecule has 0 spiro atoms. The second-order valence-electron chi connectivity index (χ2n) is 6.62. The van der Waals surface area contributed by atoms with Gasteiger partial charge in [0.2, 0.25) is 0 Å². The molecule has 0 aliphatic heterocycles. The minimum absolute atomic E-state index is 0.00173. The van der Waals surface area contributed by atoms with Crippen LogP contribution >= 0.6 is 69.6 Å². The van der Waals surface area contributed by atoms with Crippen molar-refractivity contribution in [3.05, 3.63) is 0 Å². The molecule has 5 aliphatic carbocycles. The van der Waals surface area contributed by atoms with E-state index in [1.54, 1.807) is 0 Å². The average molecular weight is 381 g/mol. The highest BCUT2D eigenvalue weighted by Crippen LogP contribution is 2.90. The summed E-state index contributed by atoms with van der Waals surface area (Å²) in [4.78, 5) is 9.19. The smallest absolute Gasteiger partial charge is 0.160 e. The molecule has 0 amide bonds. The monoisotopic (exact) mass is 378 g/mol. The van der Waals surface area contributed by atoms with Crippen LogP contribution in [0.1, 0.15) is 6.42 Å². The van der Waals surface area contributed by atoms with Crippen molar-refractivity contribution in [1.82, 2.24) is 0 Å². The maximum Gasteiger partial charge on any atom is 0.160 e. The van der Waals surface area contributed by atoms with E-state index in [4.69, 9.17) is 69.6 Å². The number of alkyl halides is 6. The van der Waals surface area contributed by atoms with Gasteiger partial charge < -0.3 is 0 Å². The maximum atomic E-state index is 12.6. The van der Waals surface area contributed by atoms with Gasteiger partial charge in [0.15, 0.2) is 4.33 Å². The quantitative estimate of drug-likeness (QED) is 0.584. The normalized spacial score (nSPS) is 73.7. The molecule has 1 nitrogen and oxygen atoms in total. The molecule has 7 heteroatoms. The van der Waals surface area contributed by atoms with Crippen LogP contribution in [0.3, 0.4) is 0 Å². The number of carbonyl (C=O) groups excluding carboxylic acids is 1. The molecule has 9 atom stereocenters. The number of hydrogen-bond acceptors (Lipinski definition) is 1. The largest absolute Gasteiger partial charge is 0.299 e. The predicted molar refractivity (Wildman–Crippen MR) is 76.9 cm³/mol. The SMILES string of the molecule is O=C1C2C[C@@H]3C4C2C2(Cl)[C@@H](Cl)[C@](Cl)([C@H]13)[C@@]4(Cl)C2(Cl)Cl. The number of carbonyl (C=O) groups is 1. The van der Waals surface area contributed by atoms with Gasteiger partial charge in [0.1, 0.15) is 15.5 Å². The Balaban J connectivity index is 1.95. The van der Waals surface area contributed by atoms with Crippen LogP contribution in [-0.2, 0) is 4.79 Å². The molecule has 5 fully saturated rings. The topological polar surface area (TPSA) is 17.1 Å². The second-order valence-corrected chi connectivity index (χ2v) is 10.2. The molecule has 4 bridgehead atoms. The summed E-state index contributed by atoms with van der Waals surface area (Å²) in [6.45, 7) is 0. The van der Waals surface area contributed by atoms with Gasteiger partial charge in [-0.05, 0) is 24.2 Å². The molecule has 5 rings (SSSR count). The van der Waals surface area contributed by atoms with Gasteiger partial charge in [-0.2, -0.15) is 0 Å². The Morgan fingerprint density at radius 1 is 1.00 bits per heavy atom. The van der Waals surface area contributed by atoms with Crippen molar-refractivity contribution in [1.29, 1.82) is 0 Å². The highest BCUT2D eigenvalue weighted by Gasteiger charge is 3.00. The zero-order valence-electron chi connectivity index (χ0n) is 9.35. The predicted octanol–water partition coefficient (Wildman–Crippen LogP) is 3.81. The Labute approximate surface area is 140 Å². The molecule has 0 N–H and O–H groups in total. The first-order chi connectivity index (χ1) is 8.66. The molecule has 0 saturated heterocycles. The number of halogens is 6. The van der Waals surface area contributed by atoms with Crippen LogP contribution in [0.5, 0.6) is 0 Å². The van der Waals surface area contributed by atoms with Crippen molar-refractivity contribution in [3.63, 3.8) is 0 Å². The van der Waals surface area contributed by atoms with E-state index in [0.717, 1.165) is 6.42 Å². The molecule has 0 aromatic carbocycles. The molecule has 0 radical (unpaired) electrons. The Bertz CT molecular complexity index is 564. The first-order valence-electron chi connectivity index (χ1n) is 6.29. The Morgan fingerprint density at radius 3 is 2.26 bits per heavy atom. The number of ketones is 1. The van der Waals surface area contributed by atoms with Crippen molar-refractivity contribution in [2.24, 2.45) is 29.6 Å². The van der Waals surface area contributed by atoms with Crippen molar-refractivity contribution in [2.75, 3.05) is 0 Å². The molecule has 19 heavy (non-hydrogen) atoms. The van der Waals surface area contributed by atoms with Crippen molar-refractivity contribution in [3.8, 4) is 0 Å². The summed E-state index contributed by atoms with van der Waals surface area (Å²) >= 11 is 40.2. The third-order valence-electron chi connectivity index (χ3n) is 6.54. The zero-order valence-corrected chi connectivity index (χ0v) is 13.9. The second kappa shape index (κ2) is 2.93. The standard InChI is InChI=1S/C12H8Cl6O/c13-8-9(14)6-2-1-3(7(6)19)4-5(2)11(9,16)12(17,18)10(4,8)15/h2-6,8H,1H2/t2-,3?,4?,5?,6+,8+,9-,10?,11-/m1/s1. The van der Waals surface area contributed by atoms with Gasteiger partial charge in [0.05, 0.1) is 10.3 Å². The highest BCUT2D eigenvalue weighted by molar-refractivity contribution is 6.64. The van der Waals surface area contributed by atoms with E-state index >= 15 is 0 Å².